The van der Waals surface area contributed by atoms with Crippen molar-refractivity contribution in [2.45, 2.75) is 25.5 Å². The lowest BCUT2D eigenvalue weighted by molar-refractivity contribution is -0.0498. The SMILES string of the molecule is O=C(Nc1cccc(C(=O)NC2CC2)c1)c1cccc(OC(F)F)c1. The molecule has 0 heterocycles. The molecule has 1 aliphatic carbocycles. The van der Waals surface area contributed by atoms with Crippen LogP contribution in [-0.4, -0.2) is 24.5 Å². The van der Waals surface area contributed by atoms with Crippen molar-refractivity contribution in [1.82, 2.24) is 5.32 Å². The van der Waals surface area contributed by atoms with Gasteiger partial charge >= 0.3 is 6.61 Å². The Morgan fingerprint density at radius 1 is 1.00 bits per heavy atom. The van der Waals surface area contributed by atoms with Gasteiger partial charge in [0.15, 0.2) is 0 Å². The number of ether oxygens (including phenoxy) is 1. The number of rotatable bonds is 6. The predicted octanol–water partition coefficient (Wildman–Crippen LogP) is 3.43. The van der Waals surface area contributed by atoms with Crippen LogP contribution in [0.15, 0.2) is 48.5 Å². The molecule has 7 heteroatoms. The molecule has 0 atom stereocenters. The minimum Gasteiger partial charge on any atom is -0.435 e. The number of alkyl halides is 2. The van der Waals surface area contributed by atoms with Crippen LogP contribution in [0.4, 0.5) is 14.5 Å². The first kappa shape index (κ1) is 16.9. The first-order valence-electron chi connectivity index (χ1n) is 7.78. The Balaban J connectivity index is 1.69. The van der Waals surface area contributed by atoms with Crippen molar-refractivity contribution < 1.29 is 23.1 Å². The van der Waals surface area contributed by atoms with E-state index in [1.807, 2.05) is 0 Å². The molecule has 0 aliphatic heterocycles. The van der Waals surface area contributed by atoms with E-state index in [1.165, 1.54) is 24.3 Å². The summed E-state index contributed by atoms with van der Waals surface area (Å²) in [4.78, 5) is 24.3. The van der Waals surface area contributed by atoms with Gasteiger partial charge in [0, 0.05) is 22.9 Å². The number of carbonyl (C=O) groups is 2. The smallest absolute Gasteiger partial charge is 0.387 e. The highest BCUT2D eigenvalue weighted by molar-refractivity contribution is 6.05. The number of hydrogen-bond donors (Lipinski definition) is 2. The van der Waals surface area contributed by atoms with E-state index in [9.17, 15) is 18.4 Å². The van der Waals surface area contributed by atoms with E-state index < -0.39 is 12.5 Å². The molecule has 1 aliphatic rings. The van der Waals surface area contributed by atoms with Crippen LogP contribution in [0.2, 0.25) is 0 Å². The van der Waals surface area contributed by atoms with Crippen LogP contribution in [0.1, 0.15) is 33.6 Å². The number of halogens is 2. The van der Waals surface area contributed by atoms with Crippen molar-refractivity contribution >= 4 is 17.5 Å². The lowest BCUT2D eigenvalue weighted by Gasteiger charge is -2.09. The zero-order valence-electron chi connectivity index (χ0n) is 13.2. The number of hydrogen-bond acceptors (Lipinski definition) is 3. The van der Waals surface area contributed by atoms with Gasteiger partial charge in [-0.25, -0.2) is 0 Å². The Bertz CT molecular complexity index is 791. The summed E-state index contributed by atoms with van der Waals surface area (Å²) in [6, 6.07) is 12.3. The van der Waals surface area contributed by atoms with Crippen LogP contribution in [0.25, 0.3) is 0 Å². The molecule has 0 radical (unpaired) electrons. The Hall–Kier alpha value is -2.96. The van der Waals surface area contributed by atoms with Crippen molar-refractivity contribution in [3.63, 3.8) is 0 Å². The highest BCUT2D eigenvalue weighted by atomic mass is 19.3. The van der Waals surface area contributed by atoms with Crippen molar-refractivity contribution in [3.8, 4) is 5.75 Å². The summed E-state index contributed by atoms with van der Waals surface area (Å²) in [5, 5.41) is 5.51. The second-order valence-corrected chi connectivity index (χ2v) is 5.69. The van der Waals surface area contributed by atoms with Gasteiger partial charge in [-0.2, -0.15) is 8.78 Å². The average molecular weight is 346 g/mol. The van der Waals surface area contributed by atoms with Gasteiger partial charge in [-0.1, -0.05) is 12.1 Å². The zero-order valence-corrected chi connectivity index (χ0v) is 13.2. The molecule has 25 heavy (non-hydrogen) atoms. The normalized spacial score (nSPS) is 13.4. The van der Waals surface area contributed by atoms with E-state index >= 15 is 0 Å². The largest absolute Gasteiger partial charge is 0.435 e. The van der Waals surface area contributed by atoms with E-state index in [0.29, 0.717) is 11.3 Å². The highest BCUT2D eigenvalue weighted by Crippen LogP contribution is 2.21. The Morgan fingerprint density at radius 2 is 1.68 bits per heavy atom. The van der Waals surface area contributed by atoms with E-state index in [-0.39, 0.29) is 23.3 Å². The fourth-order valence-corrected chi connectivity index (χ4v) is 2.25. The minimum absolute atomic E-state index is 0.0970. The van der Waals surface area contributed by atoms with E-state index in [0.717, 1.165) is 12.8 Å². The Labute approximate surface area is 143 Å². The van der Waals surface area contributed by atoms with Gasteiger partial charge in [0.05, 0.1) is 0 Å². The van der Waals surface area contributed by atoms with Crippen LogP contribution in [0.5, 0.6) is 5.75 Å². The second-order valence-electron chi connectivity index (χ2n) is 5.69. The zero-order chi connectivity index (χ0) is 17.8. The fraction of sp³-hybridized carbons (Fsp3) is 0.222. The predicted molar refractivity (Wildman–Crippen MR) is 88.0 cm³/mol. The summed E-state index contributed by atoms with van der Waals surface area (Å²) >= 11 is 0. The van der Waals surface area contributed by atoms with Crippen molar-refractivity contribution in [1.29, 1.82) is 0 Å². The lowest BCUT2D eigenvalue weighted by Crippen LogP contribution is -2.25. The van der Waals surface area contributed by atoms with Gasteiger partial charge in [-0.05, 0) is 49.2 Å². The molecule has 2 aromatic carbocycles. The molecule has 0 aromatic heterocycles. The topological polar surface area (TPSA) is 67.4 Å². The maximum Gasteiger partial charge on any atom is 0.387 e. The Kier molecular flexibility index (Phi) is 4.92. The average Bonchev–Trinajstić information content (AvgIpc) is 3.38. The third-order valence-corrected chi connectivity index (χ3v) is 3.62. The molecule has 5 nitrogen and oxygen atoms in total. The molecule has 130 valence electrons. The van der Waals surface area contributed by atoms with Gasteiger partial charge in [0.1, 0.15) is 5.75 Å². The first-order valence-corrected chi connectivity index (χ1v) is 7.78. The van der Waals surface area contributed by atoms with Crippen LogP contribution in [0, 0.1) is 0 Å². The molecule has 2 N–H and O–H groups in total. The molecule has 0 saturated heterocycles. The molecule has 2 aromatic rings. The number of amides is 2. The molecule has 0 spiro atoms. The summed E-state index contributed by atoms with van der Waals surface area (Å²) < 4.78 is 28.8. The molecule has 3 rings (SSSR count). The van der Waals surface area contributed by atoms with E-state index in [2.05, 4.69) is 15.4 Å². The van der Waals surface area contributed by atoms with Crippen LogP contribution >= 0.6 is 0 Å². The molecule has 1 saturated carbocycles. The fourth-order valence-electron chi connectivity index (χ4n) is 2.25. The second kappa shape index (κ2) is 7.29. The summed E-state index contributed by atoms with van der Waals surface area (Å²) in [5.41, 5.74) is 1.05. The third kappa shape index (κ3) is 4.76. The molecular formula is C18H16F2N2O3. The Morgan fingerprint density at radius 3 is 2.36 bits per heavy atom. The van der Waals surface area contributed by atoms with Gasteiger partial charge < -0.3 is 15.4 Å². The molecular weight excluding hydrogens is 330 g/mol. The molecule has 0 bridgehead atoms. The maximum atomic E-state index is 12.3. The molecule has 1 fully saturated rings. The van der Waals surface area contributed by atoms with Gasteiger partial charge in [-0.15, -0.1) is 0 Å². The van der Waals surface area contributed by atoms with Crippen LogP contribution < -0.4 is 15.4 Å². The highest BCUT2D eigenvalue weighted by Gasteiger charge is 2.23. The summed E-state index contributed by atoms with van der Waals surface area (Å²) in [6.07, 6.45) is 1.97. The van der Waals surface area contributed by atoms with Crippen molar-refractivity contribution in [2.24, 2.45) is 0 Å². The van der Waals surface area contributed by atoms with Crippen molar-refractivity contribution in [2.75, 3.05) is 5.32 Å². The standard InChI is InChI=1S/C18H16F2N2O3/c19-18(20)25-15-6-2-4-12(10-15)17(24)22-14-5-1-3-11(9-14)16(23)21-13-7-8-13/h1-6,9-10,13,18H,7-8H2,(H,21,23)(H,22,24). The quantitative estimate of drug-likeness (QED) is 0.842. The van der Waals surface area contributed by atoms with Gasteiger partial charge in [0.2, 0.25) is 0 Å². The number of nitrogens with one attached hydrogen (secondary N) is 2. The molecule has 0 unspecified atom stereocenters. The minimum atomic E-state index is -2.96. The van der Waals surface area contributed by atoms with E-state index in [4.69, 9.17) is 0 Å². The molecule has 2 amide bonds. The third-order valence-electron chi connectivity index (χ3n) is 3.62. The van der Waals surface area contributed by atoms with Crippen molar-refractivity contribution in [3.05, 3.63) is 59.7 Å². The van der Waals surface area contributed by atoms with Gasteiger partial charge in [-0.3, -0.25) is 9.59 Å². The monoisotopic (exact) mass is 346 g/mol. The summed E-state index contributed by atoms with van der Waals surface area (Å²) in [7, 11) is 0. The summed E-state index contributed by atoms with van der Waals surface area (Å²) in [5.74, 6) is -0.773. The number of carbonyl (C=O) groups excluding carboxylic acids is 2. The maximum absolute atomic E-state index is 12.3. The van der Waals surface area contributed by atoms with Gasteiger partial charge in [0.25, 0.3) is 11.8 Å². The first-order chi connectivity index (χ1) is 12.0. The van der Waals surface area contributed by atoms with Crippen LogP contribution in [-0.2, 0) is 0 Å². The van der Waals surface area contributed by atoms with E-state index in [1.54, 1.807) is 24.3 Å². The summed E-state index contributed by atoms with van der Waals surface area (Å²) in [6.45, 7) is -2.96. The number of benzene rings is 2. The number of anilines is 1. The lowest BCUT2D eigenvalue weighted by atomic mass is 10.1. The van der Waals surface area contributed by atoms with Crippen LogP contribution in [0.3, 0.4) is 0 Å².